The molecule has 102 valence electrons. The van der Waals surface area contributed by atoms with Crippen LogP contribution in [-0.4, -0.2) is 30.7 Å². The molecule has 0 saturated heterocycles. The summed E-state index contributed by atoms with van der Waals surface area (Å²) in [6, 6.07) is 4.75. The number of benzene rings is 1. The van der Waals surface area contributed by atoms with Crippen molar-refractivity contribution in [3.05, 3.63) is 59.7 Å². The third-order valence-electron chi connectivity index (χ3n) is 2.35. The van der Waals surface area contributed by atoms with Crippen LogP contribution in [0.2, 0.25) is 0 Å². The molecule has 0 amide bonds. The van der Waals surface area contributed by atoms with Crippen molar-refractivity contribution in [1.82, 2.24) is 4.31 Å². The largest absolute Gasteiger partial charge is 0.269 e. The Morgan fingerprint density at radius 3 is 2.00 bits per heavy atom. The zero-order chi connectivity index (χ0) is 14.5. The van der Waals surface area contributed by atoms with Crippen LogP contribution in [-0.2, 0) is 10.0 Å². The first-order valence-electron chi connectivity index (χ1n) is 5.40. The Morgan fingerprint density at radius 1 is 1.16 bits per heavy atom. The van der Waals surface area contributed by atoms with Crippen LogP contribution in [0.1, 0.15) is 0 Å². The SMILES string of the molecule is C=CCN(CC=C)S(=O)(=O)c1ccc([N+](=O)[O-])cc1. The van der Waals surface area contributed by atoms with Crippen LogP contribution in [0.25, 0.3) is 0 Å². The molecule has 1 aromatic carbocycles. The Hall–Kier alpha value is -1.99. The molecule has 0 unspecified atom stereocenters. The highest BCUT2D eigenvalue weighted by Gasteiger charge is 2.22. The number of nitro benzene ring substituents is 1. The lowest BCUT2D eigenvalue weighted by Crippen LogP contribution is -2.31. The van der Waals surface area contributed by atoms with E-state index >= 15 is 0 Å². The van der Waals surface area contributed by atoms with Crippen molar-refractivity contribution in [2.45, 2.75) is 4.90 Å². The van der Waals surface area contributed by atoms with Crippen LogP contribution in [0.4, 0.5) is 5.69 Å². The summed E-state index contributed by atoms with van der Waals surface area (Å²) in [4.78, 5) is 9.94. The van der Waals surface area contributed by atoms with Crippen LogP contribution < -0.4 is 0 Å². The molecular weight excluding hydrogens is 268 g/mol. The van der Waals surface area contributed by atoms with Gasteiger partial charge in [0.2, 0.25) is 10.0 Å². The molecule has 0 radical (unpaired) electrons. The standard InChI is InChI=1S/C12H14N2O4S/c1-3-9-13(10-4-2)19(17,18)12-7-5-11(6-8-12)14(15)16/h3-8H,1-2,9-10H2. The number of nitrogens with zero attached hydrogens (tertiary/aromatic N) is 2. The highest BCUT2D eigenvalue weighted by Crippen LogP contribution is 2.19. The van der Waals surface area contributed by atoms with Gasteiger partial charge >= 0.3 is 0 Å². The molecule has 0 heterocycles. The third kappa shape index (κ3) is 3.49. The fourth-order valence-corrected chi connectivity index (χ4v) is 2.83. The van der Waals surface area contributed by atoms with Crippen molar-refractivity contribution in [1.29, 1.82) is 0 Å². The predicted molar refractivity (Wildman–Crippen MR) is 72.2 cm³/mol. The Morgan fingerprint density at radius 2 is 1.63 bits per heavy atom. The molecule has 19 heavy (non-hydrogen) atoms. The average Bonchev–Trinajstić information content (AvgIpc) is 2.38. The van der Waals surface area contributed by atoms with Gasteiger partial charge in [-0.2, -0.15) is 4.31 Å². The minimum atomic E-state index is -3.70. The number of non-ortho nitro benzene ring substituents is 1. The Balaban J connectivity index is 3.13. The quantitative estimate of drug-likeness (QED) is 0.435. The van der Waals surface area contributed by atoms with Crippen LogP contribution in [0.5, 0.6) is 0 Å². The zero-order valence-corrected chi connectivity index (χ0v) is 11.0. The molecule has 7 heteroatoms. The maximum Gasteiger partial charge on any atom is 0.269 e. The minimum Gasteiger partial charge on any atom is -0.258 e. The molecule has 0 saturated carbocycles. The molecule has 0 fully saturated rings. The van der Waals surface area contributed by atoms with E-state index in [1.54, 1.807) is 0 Å². The van der Waals surface area contributed by atoms with Crippen LogP contribution in [0, 0.1) is 10.1 Å². The van der Waals surface area contributed by atoms with E-state index in [4.69, 9.17) is 0 Å². The minimum absolute atomic E-state index is 0.00167. The van der Waals surface area contributed by atoms with Gasteiger partial charge in [-0.15, -0.1) is 13.2 Å². The van der Waals surface area contributed by atoms with Gasteiger partial charge in [0.25, 0.3) is 5.69 Å². The summed E-state index contributed by atoms with van der Waals surface area (Å²) in [6.45, 7) is 7.28. The summed E-state index contributed by atoms with van der Waals surface area (Å²) >= 11 is 0. The molecule has 1 rings (SSSR count). The van der Waals surface area contributed by atoms with E-state index in [0.717, 1.165) is 12.1 Å². The molecule has 1 aromatic rings. The zero-order valence-electron chi connectivity index (χ0n) is 10.2. The normalized spacial score (nSPS) is 11.2. The number of sulfonamides is 1. The first-order chi connectivity index (χ1) is 8.93. The highest BCUT2D eigenvalue weighted by molar-refractivity contribution is 7.89. The van der Waals surface area contributed by atoms with E-state index in [2.05, 4.69) is 13.2 Å². The molecule has 6 nitrogen and oxygen atoms in total. The van der Waals surface area contributed by atoms with Crippen molar-refractivity contribution in [3.63, 3.8) is 0 Å². The van der Waals surface area contributed by atoms with Crippen molar-refractivity contribution in [3.8, 4) is 0 Å². The topological polar surface area (TPSA) is 80.5 Å². The predicted octanol–water partition coefficient (Wildman–Crippen LogP) is 1.96. The van der Waals surface area contributed by atoms with Gasteiger partial charge in [0, 0.05) is 25.2 Å². The summed E-state index contributed by atoms with van der Waals surface area (Å²) in [5.74, 6) is 0. The molecule has 0 aromatic heterocycles. The smallest absolute Gasteiger partial charge is 0.258 e. The summed E-state index contributed by atoms with van der Waals surface area (Å²) in [5.41, 5.74) is -0.155. The van der Waals surface area contributed by atoms with E-state index in [1.807, 2.05) is 0 Å². The fourth-order valence-electron chi connectivity index (χ4n) is 1.45. The third-order valence-corrected chi connectivity index (χ3v) is 4.20. The number of nitro groups is 1. The first kappa shape index (κ1) is 15.1. The van der Waals surface area contributed by atoms with Gasteiger partial charge in [0.05, 0.1) is 9.82 Å². The lowest BCUT2D eigenvalue weighted by atomic mass is 10.3. The average molecular weight is 282 g/mol. The molecular formula is C12H14N2O4S. The lowest BCUT2D eigenvalue weighted by Gasteiger charge is -2.18. The summed E-state index contributed by atoms with van der Waals surface area (Å²) in [7, 11) is -3.70. The van der Waals surface area contributed by atoms with Crippen molar-refractivity contribution < 1.29 is 13.3 Å². The molecule has 0 spiro atoms. The number of rotatable bonds is 7. The molecule has 0 aliphatic carbocycles. The van der Waals surface area contributed by atoms with E-state index in [1.165, 1.54) is 28.6 Å². The van der Waals surface area contributed by atoms with Gasteiger partial charge in [-0.25, -0.2) is 8.42 Å². The maximum absolute atomic E-state index is 12.3. The second-order valence-electron chi connectivity index (χ2n) is 3.65. The molecule has 0 atom stereocenters. The maximum atomic E-state index is 12.3. The molecule has 0 aliphatic heterocycles. The van der Waals surface area contributed by atoms with Crippen LogP contribution >= 0.6 is 0 Å². The molecule has 0 aliphatic rings. The summed E-state index contributed by atoms with van der Waals surface area (Å²) < 4.78 is 25.7. The Bertz CT molecular complexity index is 568. The number of hydrogen-bond donors (Lipinski definition) is 0. The van der Waals surface area contributed by atoms with E-state index < -0.39 is 14.9 Å². The van der Waals surface area contributed by atoms with E-state index in [-0.39, 0.29) is 23.7 Å². The summed E-state index contributed by atoms with van der Waals surface area (Å²) in [6.07, 6.45) is 2.93. The second-order valence-corrected chi connectivity index (χ2v) is 5.59. The van der Waals surface area contributed by atoms with Gasteiger partial charge in [0.15, 0.2) is 0 Å². The van der Waals surface area contributed by atoms with Gasteiger partial charge in [-0.3, -0.25) is 10.1 Å². The number of hydrogen-bond acceptors (Lipinski definition) is 4. The van der Waals surface area contributed by atoms with Crippen LogP contribution in [0.3, 0.4) is 0 Å². The van der Waals surface area contributed by atoms with Crippen molar-refractivity contribution >= 4 is 15.7 Å². The monoisotopic (exact) mass is 282 g/mol. The molecule has 0 N–H and O–H groups in total. The van der Waals surface area contributed by atoms with Gasteiger partial charge in [-0.05, 0) is 12.1 Å². The summed E-state index contributed by atoms with van der Waals surface area (Å²) in [5, 5.41) is 10.5. The van der Waals surface area contributed by atoms with Gasteiger partial charge < -0.3 is 0 Å². The fraction of sp³-hybridized carbons (Fsp3) is 0.167. The van der Waals surface area contributed by atoms with Crippen LogP contribution in [0.15, 0.2) is 54.5 Å². The van der Waals surface area contributed by atoms with Crippen molar-refractivity contribution in [2.24, 2.45) is 0 Å². The first-order valence-corrected chi connectivity index (χ1v) is 6.84. The Kier molecular flexibility index (Phi) is 4.96. The van der Waals surface area contributed by atoms with E-state index in [9.17, 15) is 18.5 Å². The van der Waals surface area contributed by atoms with E-state index in [0.29, 0.717) is 0 Å². The Labute approximate surface area is 111 Å². The van der Waals surface area contributed by atoms with Crippen molar-refractivity contribution in [2.75, 3.05) is 13.1 Å². The molecule has 0 bridgehead atoms. The van der Waals surface area contributed by atoms with Gasteiger partial charge in [-0.1, -0.05) is 12.2 Å². The lowest BCUT2D eigenvalue weighted by molar-refractivity contribution is -0.384. The highest BCUT2D eigenvalue weighted by atomic mass is 32.2. The van der Waals surface area contributed by atoms with Gasteiger partial charge in [0.1, 0.15) is 0 Å². The second kappa shape index (κ2) is 6.26.